The summed E-state index contributed by atoms with van der Waals surface area (Å²) in [6, 6.07) is 0. The zero-order valence-corrected chi connectivity index (χ0v) is 9.65. The highest BCUT2D eigenvalue weighted by atomic mass is 32.2. The predicted molar refractivity (Wildman–Crippen MR) is 57.6 cm³/mol. The lowest BCUT2D eigenvalue weighted by Gasteiger charge is -1.99. The number of rotatable bonds is 4. The Bertz CT molecular complexity index is 483. The number of nitrogen functional groups attached to an aromatic ring is 1. The lowest BCUT2D eigenvalue weighted by molar-refractivity contribution is 0.580. The first-order valence-corrected chi connectivity index (χ1v) is 6.34. The number of hydrogen-bond donors (Lipinski definition) is 2. The van der Waals surface area contributed by atoms with Crippen LogP contribution in [0.1, 0.15) is 13.3 Å². The van der Waals surface area contributed by atoms with E-state index in [0.29, 0.717) is 6.42 Å². The molecule has 0 saturated heterocycles. The van der Waals surface area contributed by atoms with Crippen molar-refractivity contribution in [1.29, 1.82) is 0 Å². The molecule has 1 rings (SSSR count). The van der Waals surface area contributed by atoms with Gasteiger partial charge in [0.05, 0.1) is 0 Å². The molecule has 1 aromatic heterocycles. The van der Waals surface area contributed by atoms with Crippen molar-refractivity contribution in [2.45, 2.75) is 17.7 Å². The second-order valence-electron chi connectivity index (χ2n) is 2.48. The topological polar surface area (TPSA) is 98.0 Å². The third-order valence-electron chi connectivity index (χ3n) is 1.37. The minimum atomic E-state index is -3.57. The molecule has 0 fully saturated rings. The van der Waals surface area contributed by atoms with Crippen molar-refractivity contribution in [2.75, 3.05) is 12.3 Å². The highest BCUT2D eigenvalue weighted by molar-refractivity contribution is 7.91. The van der Waals surface area contributed by atoms with Gasteiger partial charge in [-0.2, -0.15) is 0 Å². The fourth-order valence-corrected chi connectivity index (χ4v) is 2.62. The minimum absolute atomic E-state index is 0.121. The Hall–Kier alpha value is -1.17. The molecule has 0 spiro atoms. The highest BCUT2D eigenvalue weighted by Gasteiger charge is 2.18. The lowest BCUT2D eigenvalue weighted by Crippen LogP contribution is -2.24. The molecule has 0 aliphatic carbocycles. The quantitative estimate of drug-likeness (QED) is 0.567. The first kappa shape index (κ1) is 11.9. The summed E-state index contributed by atoms with van der Waals surface area (Å²) in [6.07, 6.45) is 0.462. The van der Waals surface area contributed by atoms with E-state index in [1.54, 1.807) is 6.92 Å². The number of nitrogens with zero attached hydrogens (tertiary/aromatic N) is 2. The molecule has 6 nitrogen and oxygen atoms in total. The maximum absolute atomic E-state index is 11.5. The second-order valence-corrected chi connectivity index (χ2v) is 5.43. The molecular weight excluding hydrogens is 236 g/mol. The molecule has 0 unspecified atom stereocenters. The fraction of sp³-hybridized carbons (Fsp3) is 0.429. The summed E-state index contributed by atoms with van der Waals surface area (Å²) in [6.45, 7) is 1.95. The van der Waals surface area contributed by atoms with Gasteiger partial charge in [-0.1, -0.05) is 11.3 Å². The molecule has 1 aromatic rings. The van der Waals surface area contributed by atoms with Gasteiger partial charge >= 0.3 is 0 Å². The Labute approximate surface area is 92.0 Å². The van der Waals surface area contributed by atoms with Crippen molar-refractivity contribution in [2.24, 2.45) is 0 Å². The van der Waals surface area contributed by atoms with Gasteiger partial charge in [0.2, 0.25) is 9.47 Å². The standard InChI is InChI=1S/C7H10N4O2S2/c1-2-3-4-5-9-15(12,13)7-11-10-6(8)14-7/h9H,4-5H2,1H3,(H2,8,10). The van der Waals surface area contributed by atoms with Crippen LogP contribution in [0, 0.1) is 11.8 Å². The normalized spacial score (nSPS) is 10.7. The van der Waals surface area contributed by atoms with Crippen LogP contribution in [-0.4, -0.2) is 25.2 Å². The van der Waals surface area contributed by atoms with Crippen LogP contribution in [0.2, 0.25) is 0 Å². The number of anilines is 1. The summed E-state index contributed by atoms with van der Waals surface area (Å²) in [7, 11) is -3.57. The van der Waals surface area contributed by atoms with Crippen LogP contribution < -0.4 is 10.5 Å². The molecule has 0 amide bonds. The van der Waals surface area contributed by atoms with Crippen molar-refractivity contribution < 1.29 is 8.42 Å². The van der Waals surface area contributed by atoms with Gasteiger partial charge in [-0.05, 0) is 6.92 Å². The Morgan fingerprint density at radius 1 is 1.53 bits per heavy atom. The molecule has 0 atom stereocenters. The number of nitrogens with two attached hydrogens (primary N) is 1. The molecule has 82 valence electrons. The van der Waals surface area contributed by atoms with E-state index in [-0.39, 0.29) is 16.0 Å². The van der Waals surface area contributed by atoms with Crippen LogP contribution in [0.5, 0.6) is 0 Å². The third-order valence-corrected chi connectivity index (χ3v) is 3.95. The summed E-state index contributed by atoms with van der Waals surface area (Å²) in [5, 5.41) is 7.00. The van der Waals surface area contributed by atoms with Gasteiger partial charge in [0.1, 0.15) is 0 Å². The van der Waals surface area contributed by atoms with Crippen LogP contribution in [0.25, 0.3) is 0 Å². The number of aromatic nitrogens is 2. The van der Waals surface area contributed by atoms with E-state index in [0.717, 1.165) is 11.3 Å². The fourth-order valence-electron chi connectivity index (χ4n) is 0.764. The smallest absolute Gasteiger partial charge is 0.269 e. The van der Waals surface area contributed by atoms with Gasteiger partial charge in [0, 0.05) is 13.0 Å². The average Bonchev–Trinajstić information content (AvgIpc) is 2.60. The summed E-state index contributed by atoms with van der Waals surface area (Å²) in [5.74, 6) is 5.41. The second kappa shape index (κ2) is 5.06. The number of hydrogen-bond acceptors (Lipinski definition) is 6. The highest BCUT2D eigenvalue weighted by Crippen LogP contribution is 2.15. The Kier molecular flexibility index (Phi) is 4.02. The van der Waals surface area contributed by atoms with E-state index in [1.807, 2.05) is 0 Å². The van der Waals surface area contributed by atoms with Crippen molar-refractivity contribution >= 4 is 26.5 Å². The summed E-state index contributed by atoms with van der Waals surface area (Å²) < 4.78 is 25.2. The van der Waals surface area contributed by atoms with Crippen molar-refractivity contribution in [3.63, 3.8) is 0 Å². The van der Waals surface area contributed by atoms with E-state index < -0.39 is 10.0 Å². The molecule has 8 heteroatoms. The number of nitrogens with one attached hydrogen (secondary N) is 1. The summed E-state index contributed by atoms with van der Waals surface area (Å²) >= 11 is 0.828. The Balaban J connectivity index is 2.63. The zero-order chi connectivity index (χ0) is 11.3. The third kappa shape index (κ3) is 3.47. The van der Waals surface area contributed by atoms with Gasteiger partial charge in [-0.15, -0.1) is 22.0 Å². The molecule has 0 radical (unpaired) electrons. The maximum atomic E-state index is 11.5. The van der Waals surface area contributed by atoms with Crippen molar-refractivity contribution in [3.05, 3.63) is 0 Å². The molecule has 0 aliphatic rings. The van der Waals surface area contributed by atoms with Crippen LogP contribution in [-0.2, 0) is 10.0 Å². The van der Waals surface area contributed by atoms with Crippen LogP contribution in [0.15, 0.2) is 4.34 Å². The first-order valence-electron chi connectivity index (χ1n) is 4.04. The van der Waals surface area contributed by atoms with Crippen molar-refractivity contribution in [3.8, 4) is 11.8 Å². The van der Waals surface area contributed by atoms with E-state index in [1.165, 1.54) is 0 Å². The van der Waals surface area contributed by atoms with Gasteiger partial charge in [0.25, 0.3) is 10.0 Å². The number of sulfonamides is 1. The summed E-state index contributed by atoms with van der Waals surface area (Å²) in [4.78, 5) is 0. The zero-order valence-electron chi connectivity index (χ0n) is 8.02. The molecule has 0 aromatic carbocycles. The molecule has 0 saturated carbocycles. The van der Waals surface area contributed by atoms with Gasteiger partial charge in [-0.25, -0.2) is 13.1 Å². The molecule has 3 N–H and O–H groups in total. The van der Waals surface area contributed by atoms with Crippen LogP contribution in [0.4, 0.5) is 5.13 Å². The summed E-state index contributed by atoms with van der Waals surface area (Å²) in [5.41, 5.74) is 5.28. The lowest BCUT2D eigenvalue weighted by atomic mass is 10.4. The Morgan fingerprint density at radius 2 is 2.27 bits per heavy atom. The monoisotopic (exact) mass is 246 g/mol. The SMILES string of the molecule is CC#CCCNS(=O)(=O)c1nnc(N)s1. The van der Waals surface area contributed by atoms with Gasteiger partial charge in [0.15, 0.2) is 0 Å². The van der Waals surface area contributed by atoms with Gasteiger partial charge < -0.3 is 5.73 Å². The average molecular weight is 246 g/mol. The maximum Gasteiger partial charge on any atom is 0.269 e. The van der Waals surface area contributed by atoms with E-state index in [4.69, 9.17) is 5.73 Å². The van der Waals surface area contributed by atoms with E-state index in [9.17, 15) is 8.42 Å². The molecular formula is C7H10N4O2S2. The van der Waals surface area contributed by atoms with Crippen molar-refractivity contribution in [1.82, 2.24) is 14.9 Å². The predicted octanol–water partition coefficient (Wildman–Crippen LogP) is -0.188. The van der Waals surface area contributed by atoms with Crippen LogP contribution >= 0.6 is 11.3 Å². The van der Waals surface area contributed by atoms with E-state index >= 15 is 0 Å². The first-order chi connectivity index (χ1) is 7.06. The Morgan fingerprint density at radius 3 is 2.80 bits per heavy atom. The van der Waals surface area contributed by atoms with E-state index in [2.05, 4.69) is 26.8 Å². The molecule has 15 heavy (non-hydrogen) atoms. The molecule has 0 aliphatic heterocycles. The van der Waals surface area contributed by atoms with Crippen LogP contribution in [0.3, 0.4) is 0 Å². The molecule has 1 heterocycles. The minimum Gasteiger partial charge on any atom is -0.374 e. The largest absolute Gasteiger partial charge is 0.374 e. The molecule has 0 bridgehead atoms. The van der Waals surface area contributed by atoms with Gasteiger partial charge in [-0.3, -0.25) is 0 Å².